The lowest BCUT2D eigenvalue weighted by Crippen LogP contribution is -2.36. The van der Waals surface area contributed by atoms with E-state index in [4.69, 9.17) is 0 Å². The number of carbonyl (C=O) groups is 1. The summed E-state index contributed by atoms with van der Waals surface area (Å²) in [6.07, 6.45) is 3.70. The van der Waals surface area contributed by atoms with Gasteiger partial charge in [-0.3, -0.25) is 9.78 Å². The van der Waals surface area contributed by atoms with Crippen molar-refractivity contribution in [2.75, 3.05) is 29.9 Å². The number of anilines is 2. The molecule has 0 saturated heterocycles. The monoisotopic (exact) mass is 410 g/mol. The Morgan fingerprint density at radius 3 is 2.93 bits per heavy atom. The minimum absolute atomic E-state index is 0.123. The first-order valence-electron chi connectivity index (χ1n) is 9.58. The predicted molar refractivity (Wildman–Crippen MR) is 108 cm³/mol. The van der Waals surface area contributed by atoms with Crippen molar-refractivity contribution >= 4 is 17.5 Å². The normalized spacial score (nSPS) is 12.8. The average Bonchev–Trinajstić information content (AvgIpc) is 2.77. The molecule has 7 nitrogen and oxygen atoms in total. The number of hydrogen-bond acceptors (Lipinski definition) is 6. The number of pyridine rings is 1. The molecule has 4 rings (SSSR count). The van der Waals surface area contributed by atoms with Gasteiger partial charge in [-0.25, -0.2) is 18.7 Å². The van der Waals surface area contributed by atoms with E-state index in [1.807, 2.05) is 18.2 Å². The summed E-state index contributed by atoms with van der Waals surface area (Å²) in [6.45, 7) is 1.62. The summed E-state index contributed by atoms with van der Waals surface area (Å²) in [6, 6.07) is 8.96. The van der Waals surface area contributed by atoms with Gasteiger partial charge in [0.15, 0.2) is 11.6 Å². The quantitative estimate of drug-likeness (QED) is 0.650. The Hall–Kier alpha value is -3.62. The fraction of sp³-hybridized carbons (Fsp3) is 0.238. The first-order chi connectivity index (χ1) is 14.6. The second kappa shape index (κ2) is 8.81. The van der Waals surface area contributed by atoms with Crippen molar-refractivity contribution in [1.82, 2.24) is 20.3 Å². The number of hydrogen-bond donors (Lipinski definition) is 2. The van der Waals surface area contributed by atoms with Crippen LogP contribution in [0.1, 0.15) is 21.7 Å². The molecule has 0 atom stereocenters. The standard InChI is InChI=1S/C21H20F2N6O/c22-15-4-5-17(23)14(11-15)13-29-10-9-25-19-20(29)28-18(12-27-19)21(30)26-8-6-16-3-1-2-7-24-16/h1-5,7,11-12H,6,8-10,13H2,(H,25,27)(H,26,30). The molecule has 0 saturated carbocycles. The summed E-state index contributed by atoms with van der Waals surface area (Å²) < 4.78 is 27.6. The number of amides is 1. The van der Waals surface area contributed by atoms with E-state index in [1.165, 1.54) is 12.3 Å². The van der Waals surface area contributed by atoms with E-state index in [0.717, 1.165) is 17.8 Å². The van der Waals surface area contributed by atoms with E-state index in [1.54, 1.807) is 11.1 Å². The summed E-state index contributed by atoms with van der Waals surface area (Å²) in [5, 5.41) is 5.92. The first kappa shape index (κ1) is 19.7. The summed E-state index contributed by atoms with van der Waals surface area (Å²) in [5.74, 6) is -0.421. The molecule has 0 bridgehead atoms. The van der Waals surface area contributed by atoms with E-state index in [9.17, 15) is 13.6 Å². The van der Waals surface area contributed by atoms with Crippen LogP contribution in [0.5, 0.6) is 0 Å². The van der Waals surface area contributed by atoms with Crippen molar-refractivity contribution in [1.29, 1.82) is 0 Å². The van der Waals surface area contributed by atoms with Crippen molar-refractivity contribution in [3.05, 3.63) is 77.4 Å². The maximum absolute atomic E-state index is 14.1. The number of aromatic nitrogens is 3. The highest BCUT2D eigenvalue weighted by molar-refractivity contribution is 5.92. The van der Waals surface area contributed by atoms with E-state index >= 15 is 0 Å². The lowest BCUT2D eigenvalue weighted by Gasteiger charge is -2.30. The molecule has 0 aliphatic carbocycles. The van der Waals surface area contributed by atoms with Gasteiger partial charge in [0.25, 0.3) is 5.91 Å². The Morgan fingerprint density at radius 2 is 2.10 bits per heavy atom. The predicted octanol–water partition coefficient (Wildman–Crippen LogP) is 2.55. The third-order valence-corrected chi connectivity index (χ3v) is 4.72. The third kappa shape index (κ3) is 4.51. The zero-order valence-corrected chi connectivity index (χ0v) is 16.1. The summed E-state index contributed by atoms with van der Waals surface area (Å²) in [7, 11) is 0. The van der Waals surface area contributed by atoms with Gasteiger partial charge in [0.05, 0.1) is 6.20 Å². The van der Waals surface area contributed by atoms with Crippen LogP contribution in [0.25, 0.3) is 0 Å². The molecule has 9 heteroatoms. The number of fused-ring (bicyclic) bond motifs is 1. The second-order valence-electron chi connectivity index (χ2n) is 6.84. The maximum Gasteiger partial charge on any atom is 0.271 e. The van der Waals surface area contributed by atoms with Gasteiger partial charge in [-0.05, 0) is 30.3 Å². The molecule has 3 aromatic rings. The Morgan fingerprint density at radius 1 is 1.20 bits per heavy atom. The van der Waals surface area contributed by atoms with Gasteiger partial charge < -0.3 is 15.5 Å². The Labute approximate surface area is 172 Å². The van der Waals surface area contributed by atoms with Gasteiger partial charge in [-0.1, -0.05) is 6.07 Å². The Kier molecular flexibility index (Phi) is 5.78. The van der Waals surface area contributed by atoms with E-state index in [0.29, 0.717) is 37.7 Å². The number of nitrogens with one attached hydrogen (secondary N) is 2. The van der Waals surface area contributed by atoms with Crippen molar-refractivity contribution in [3.63, 3.8) is 0 Å². The molecule has 3 heterocycles. The molecule has 2 N–H and O–H groups in total. The molecular weight excluding hydrogens is 390 g/mol. The number of benzene rings is 1. The zero-order valence-electron chi connectivity index (χ0n) is 16.1. The van der Waals surface area contributed by atoms with E-state index in [2.05, 4.69) is 25.6 Å². The Balaban J connectivity index is 1.47. The summed E-state index contributed by atoms with van der Waals surface area (Å²) in [5.41, 5.74) is 1.25. The minimum atomic E-state index is -0.506. The van der Waals surface area contributed by atoms with Crippen molar-refractivity contribution < 1.29 is 13.6 Å². The lowest BCUT2D eigenvalue weighted by atomic mass is 10.2. The largest absolute Gasteiger partial charge is 0.365 e. The van der Waals surface area contributed by atoms with Gasteiger partial charge in [-0.15, -0.1) is 0 Å². The van der Waals surface area contributed by atoms with Gasteiger partial charge in [-0.2, -0.15) is 0 Å². The van der Waals surface area contributed by atoms with E-state index < -0.39 is 11.6 Å². The SMILES string of the molecule is O=C(NCCc1ccccn1)c1cnc2c(n1)N(Cc1cc(F)ccc1F)CCN2. The fourth-order valence-electron chi connectivity index (χ4n) is 3.21. The fourth-order valence-corrected chi connectivity index (χ4v) is 3.21. The van der Waals surface area contributed by atoms with Crippen molar-refractivity contribution in [2.45, 2.75) is 13.0 Å². The molecule has 154 valence electrons. The first-order valence-corrected chi connectivity index (χ1v) is 9.58. The molecule has 1 aromatic carbocycles. The molecule has 0 radical (unpaired) electrons. The molecule has 0 spiro atoms. The van der Waals surface area contributed by atoms with Crippen LogP contribution in [-0.4, -0.2) is 40.5 Å². The van der Waals surface area contributed by atoms with Crippen LogP contribution in [0, 0.1) is 11.6 Å². The number of rotatable bonds is 6. The molecule has 30 heavy (non-hydrogen) atoms. The van der Waals surface area contributed by atoms with Crippen LogP contribution in [-0.2, 0) is 13.0 Å². The molecule has 0 unspecified atom stereocenters. The number of carbonyl (C=O) groups excluding carboxylic acids is 1. The van der Waals surface area contributed by atoms with Crippen LogP contribution in [0.4, 0.5) is 20.4 Å². The molecule has 1 aliphatic rings. The zero-order chi connectivity index (χ0) is 20.9. The third-order valence-electron chi connectivity index (χ3n) is 4.72. The number of halogens is 2. The minimum Gasteiger partial charge on any atom is -0.365 e. The smallest absolute Gasteiger partial charge is 0.271 e. The van der Waals surface area contributed by atoms with Crippen LogP contribution < -0.4 is 15.5 Å². The van der Waals surface area contributed by atoms with Crippen molar-refractivity contribution in [2.24, 2.45) is 0 Å². The van der Waals surface area contributed by atoms with Gasteiger partial charge in [0, 0.05) is 50.1 Å². The van der Waals surface area contributed by atoms with Crippen LogP contribution in [0.2, 0.25) is 0 Å². The summed E-state index contributed by atoms with van der Waals surface area (Å²) >= 11 is 0. The van der Waals surface area contributed by atoms with Crippen LogP contribution >= 0.6 is 0 Å². The van der Waals surface area contributed by atoms with Crippen molar-refractivity contribution in [3.8, 4) is 0 Å². The van der Waals surface area contributed by atoms with Crippen LogP contribution in [0.15, 0.2) is 48.8 Å². The van der Waals surface area contributed by atoms with Gasteiger partial charge in [0.1, 0.15) is 17.3 Å². The maximum atomic E-state index is 14.1. The molecular formula is C21H20F2N6O. The van der Waals surface area contributed by atoms with Gasteiger partial charge >= 0.3 is 0 Å². The number of nitrogens with zero attached hydrogens (tertiary/aromatic N) is 4. The summed E-state index contributed by atoms with van der Waals surface area (Å²) in [4.78, 5) is 27.2. The molecule has 1 aliphatic heterocycles. The topological polar surface area (TPSA) is 83.0 Å². The molecule has 2 aromatic heterocycles. The average molecular weight is 410 g/mol. The second-order valence-corrected chi connectivity index (χ2v) is 6.84. The lowest BCUT2D eigenvalue weighted by molar-refractivity contribution is 0.0949. The van der Waals surface area contributed by atoms with E-state index in [-0.39, 0.29) is 23.7 Å². The molecule has 1 amide bonds. The highest BCUT2D eigenvalue weighted by atomic mass is 19.1. The highest BCUT2D eigenvalue weighted by Gasteiger charge is 2.23. The van der Waals surface area contributed by atoms with Crippen LogP contribution in [0.3, 0.4) is 0 Å². The van der Waals surface area contributed by atoms with Gasteiger partial charge in [0.2, 0.25) is 0 Å². The molecule has 0 fully saturated rings. The Bertz CT molecular complexity index is 1050. The highest BCUT2D eigenvalue weighted by Crippen LogP contribution is 2.27.